The molecule has 4 heteroatoms. The average Bonchev–Trinajstić information content (AvgIpc) is 2.22. The molecule has 0 aromatic heterocycles. The summed E-state index contributed by atoms with van der Waals surface area (Å²) in [6.07, 6.45) is 2.33. The van der Waals surface area contributed by atoms with Gasteiger partial charge in [-0.05, 0) is 30.7 Å². The third-order valence-corrected chi connectivity index (χ3v) is 3.55. The third kappa shape index (κ3) is 2.75. The second-order valence-corrected chi connectivity index (χ2v) is 5.12. The van der Waals surface area contributed by atoms with Crippen LogP contribution in [0.4, 0.5) is 11.4 Å². The smallest absolute Gasteiger partial charge is 0.271 e. The molecule has 0 aliphatic heterocycles. The predicted octanol–water partition coefficient (Wildman–Crippen LogP) is 3.44. The van der Waals surface area contributed by atoms with Crippen molar-refractivity contribution in [2.24, 2.45) is 11.8 Å². The molecule has 0 bridgehead atoms. The van der Waals surface area contributed by atoms with Crippen LogP contribution in [-0.4, -0.2) is 11.0 Å². The Hall–Kier alpha value is -1.58. The minimum absolute atomic E-state index is 0.148. The molecule has 1 aromatic carbocycles. The van der Waals surface area contributed by atoms with E-state index in [0.29, 0.717) is 6.04 Å². The second kappa shape index (κ2) is 4.73. The zero-order valence-electron chi connectivity index (χ0n) is 10.2. The topological polar surface area (TPSA) is 55.2 Å². The van der Waals surface area contributed by atoms with Crippen molar-refractivity contribution in [2.75, 3.05) is 5.32 Å². The van der Waals surface area contributed by atoms with Gasteiger partial charge >= 0.3 is 0 Å². The molecule has 1 N–H and O–H groups in total. The summed E-state index contributed by atoms with van der Waals surface area (Å²) in [7, 11) is 0. The Morgan fingerprint density at radius 1 is 1.41 bits per heavy atom. The van der Waals surface area contributed by atoms with Crippen molar-refractivity contribution in [3.63, 3.8) is 0 Å². The fourth-order valence-electron chi connectivity index (χ4n) is 2.27. The molecule has 1 aliphatic carbocycles. The molecule has 0 spiro atoms. The maximum atomic E-state index is 10.6. The molecule has 0 heterocycles. The average molecular weight is 234 g/mol. The summed E-state index contributed by atoms with van der Waals surface area (Å²) in [5, 5.41) is 14.0. The van der Waals surface area contributed by atoms with Gasteiger partial charge in [0.15, 0.2) is 0 Å². The predicted molar refractivity (Wildman–Crippen MR) is 68.1 cm³/mol. The zero-order valence-corrected chi connectivity index (χ0v) is 10.2. The van der Waals surface area contributed by atoms with Gasteiger partial charge < -0.3 is 5.32 Å². The number of nitrogens with zero attached hydrogens (tertiary/aromatic N) is 1. The van der Waals surface area contributed by atoms with Crippen LogP contribution in [0.1, 0.15) is 26.7 Å². The van der Waals surface area contributed by atoms with Gasteiger partial charge in [-0.2, -0.15) is 0 Å². The van der Waals surface area contributed by atoms with Crippen LogP contribution in [0.25, 0.3) is 0 Å². The van der Waals surface area contributed by atoms with Crippen molar-refractivity contribution >= 4 is 11.4 Å². The summed E-state index contributed by atoms with van der Waals surface area (Å²) < 4.78 is 0. The zero-order chi connectivity index (χ0) is 12.4. The van der Waals surface area contributed by atoms with Crippen molar-refractivity contribution in [3.05, 3.63) is 34.4 Å². The van der Waals surface area contributed by atoms with Crippen LogP contribution in [0, 0.1) is 22.0 Å². The number of hydrogen-bond acceptors (Lipinski definition) is 3. The molecular weight excluding hydrogens is 216 g/mol. The Kier molecular flexibility index (Phi) is 3.31. The molecule has 1 saturated carbocycles. The molecule has 1 aliphatic rings. The molecule has 1 aromatic rings. The Morgan fingerprint density at radius 2 is 2.12 bits per heavy atom. The van der Waals surface area contributed by atoms with Gasteiger partial charge in [-0.15, -0.1) is 0 Å². The van der Waals surface area contributed by atoms with E-state index < -0.39 is 0 Å². The van der Waals surface area contributed by atoms with E-state index in [9.17, 15) is 10.1 Å². The summed E-state index contributed by atoms with van der Waals surface area (Å²) >= 11 is 0. The van der Waals surface area contributed by atoms with E-state index in [0.717, 1.165) is 17.5 Å². The molecule has 1 fully saturated rings. The summed E-state index contributed by atoms with van der Waals surface area (Å²) in [4.78, 5) is 10.3. The van der Waals surface area contributed by atoms with Crippen molar-refractivity contribution in [1.82, 2.24) is 0 Å². The van der Waals surface area contributed by atoms with Gasteiger partial charge in [-0.3, -0.25) is 10.1 Å². The van der Waals surface area contributed by atoms with Crippen molar-refractivity contribution < 1.29 is 4.92 Å². The quantitative estimate of drug-likeness (QED) is 0.641. The molecule has 0 unspecified atom stereocenters. The molecular formula is C13H18N2O2. The van der Waals surface area contributed by atoms with Crippen molar-refractivity contribution in [3.8, 4) is 0 Å². The van der Waals surface area contributed by atoms with Crippen LogP contribution in [0.5, 0.6) is 0 Å². The lowest BCUT2D eigenvalue weighted by atomic mass is 9.73. The van der Waals surface area contributed by atoms with E-state index in [1.54, 1.807) is 12.1 Å². The number of non-ortho nitro benzene ring substituents is 1. The molecule has 17 heavy (non-hydrogen) atoms. The molecule has 2 rings (SSSR count). The molecule has 0 amide bonds. The number of nitrogens with one attached hydrogen (secondary N) is 1. The first-order valence-corrected chi connectivity index (χ1v) is 6.07. The maximum absolute atomic E-state index is 10.6. The van der Waals surface area contributed by atoms with Crippen LogP contribution in [0.3, 0.4) is 0 Å². The molecule has 92 valence electrons. The van der Waals surface area contributed by atoms with E-state index in [4.69, 9.17) is 0 Å². The lowest BCUT2D eigenvalue weighted by Crippen LogP contribution is -2.37. The SMILES string of the molecule is CC(C)C1CC(Nc2cccc([N+](=O)[O-])c2)C1. The third-order valence-electron chi connectivity index (χ3n) is 3.55. The fraction of sp³-hybridized carbons (Fsp3) is 0.538. The first-order chi connectivity index (χ1) is 8.06. The lowest BCUT2D eigenvalue weighted by molar-refractivity contribution is -0.384. The highest BCUT2D eigenvalue weighted by Crippen LogP contribution is 2.35. The van der Waals surface area contributed by atoms with Crippen LogP contribution < -0.4 is 5.32 Å². The van der Waals surface area contributed by atoms with Gasteiger partial charge in [0, 0.05) is 23.9 Å². The van der Waals surface area contributed by atoms with Crippen molar-refractivity contribution in [1.29, 1.82) is 0 Å². The highest BCUT2D eigenvalue weighted by Gasteiger charge is 2.30. The van der Waals surface area contributed by atoms with E-state index in [-0.39, 0.29) is 10.6 Å². The number of rotatable bonds is 4. The van der Waals surface area contributed by atoms with Crippen LogP contribution in [0.2, 0.25) is 0 Å². The molecule has 0 atom stereocenters. The highest BCUT2D eigenvalue weighted by molar-refractivity contribution is 5.51. The normalized spacial score (nSPS) is 23.2. The van der Waals surface area contributed by atoms with E-state index in [1.165, 1.54) is 18.9 Å². The van der Waals surface area contributed by atoms with E-state index in [1.807, 2.05) is 6.07 Å². The molecule has 0 saturated heterocycles. The van der Waals surface area contributed by atoms with Gasteiger partial charge in [0.05, 0.1) is 4.92 Å². The number of nitro groups is 1. The first-order valence-electron chi connectivity index (χ1n) is 6.07. The minimum Gasteiger partial charge on any atom is -0.382 e. The summed E-state index contributed by atoms with van der Waals surface area (Å²) in [6, 6.07) is 7.20. The molecule has 4 nitrogen and oxygen atoms in total. The largest absolute Gasteiger partial charge is 0.382 e. The number of anilines is 1. The number of hydrogen-bond donors (Lipinski definition) is 1. The lowest BCUT2D eigenvalue weighted by Gasteiger charge is -2.39. The van der Waals surface area contributed by atoms with Gasteiger partial charge in [0.1, 0.15) is 0 Å². The van der Waals surface area contributed by atoms with Gasteiger partial charge in [-0.25, -0.2) is 0 Å². The fourth-order valence-corrected chi connectivity index (χ4v) is 2.27. The minimum atomic E-state index is -0.358. The Morgan fingerprint density at radius 3 is 2.71 bits per heavy atom. The second-order valence-electron chi connectivity index (χ2n) is 5.12. The number of nitro benzene ring substituents is 1. The summed E-state index contributed by atoms with van der Waals surface area (Å²) in [6.45, 7) is 4.49. The highest BCUT2D eigenvalue weighted by atomic mass is 16.6. The van der Waals surface area contributed by atoms with E-state index in [2.05, 4.69) is 19.2 Å². The maximum Gasteiger partial charge on any atom is 0.271 e. The van der Waals surface area contributed by atoms with Gasteiger partial charge in [0.2, 0.25) is 0 Å². The molecule has 0 radical (unpaired) electrons. The standard InChI is InChI=1S/C13H18N2O2/c1-9(2)10-6-12(7-10)14-11-4-3-5-13(8-11)15(16)17/h3-5,8-10,12,14H,6-7H2,1-2H3. The van der Waals surface area contributed by atoms with Gasteiger partial charge in [-0.1, -0.05) is 19.9 Å². The van der Waals surface area contributed by atoms with Crippen LogP contribution in [0.15, 0.2) is 24.3 Å². The Bertz CT molecular complexity index is 412. The Balaban J connectivity index is 1.92. The van der Waals surface area contributed by atoms with E-state index >= 15 is 0 Å². The summed E-state index contributed by atoms with van der Waals surface area (Å²) in [5.74, 6) is 1.53. The first kappa shape index (κ1) is 11.9. The van der Waals surface area contributed by atoms with Crippen LogP contribution >= 0.6 is 0 Å². The monoisotopic (exact) mass is 234 g/mol. The van der Waals surface area contributed by atoms with Crippen LogP contribution in [-0.2, 0) is 0 Å². The number of benzene rings is 1. The summed E-state index contributed by atoms with van der Waals surface area (Å²) in [5.41, 5.74) is 1.00. The Labute approximate surface area is 101 Å². The van der Waals surface area contributed by atoms with Gasteiger partial charge in [0.25, 0.3) is 5.69 Å². The van der Waals surface area contributed by atoms with Crippen molar-refractivity contribution in [2.45, 2.75) is 32.7 Å².